The van der Waals surface area contributed by atoms with Crippen LogP contribution in [0, 0.1) is 17.8 Å². The lowest BCUT2D eigenvalue weighted by molar-refractivity contribution is -0.130. The number of nitrogens with one attached hydrogen (secondary N) is 1. The largest absolute Gasteiger partial charge is 0.349 e. The van der Waals surface area contributed by atoms with Gasteiger partial charge in [0.1, 0.15) is 15.7 Å². The van der Waals surface area contributed by atoms with E-state index >= 15 is 0 Å². The number of nitrogens with zero attached hydrogens (tertiary/aromatic N) is 3. The molecule has 3 atom stereocenters. The number of aromatic nitrogens is 3. The third-order valence-electron chi connectivity index (χ3n) is 5.07. The molecule has 0 bridgehead atoms. The molecule has 1 N–H and O–H groups in total. The lowest BCUT2D eigenvalue weighted by Crippen LogP contribution is -2.24. The molecule has 1 unspecified atom stereocenters. The van der Waals surface area contributed by atoms with Crippen LogP contribution in [0.3, 0.4) is 0 Å². The summed E-state index contributed by atoms with van der Waals surface area (Å²) in [5.74, 6) is 1.36. The third-order valence-corrected chi connectivity index (χ3v) is 6.25. The molecule has 4 rings (SSSR count). The highest BCUT2D eigenvalue weighted by atomic mass is 35.5. The van der Waals surface area contributed by atoms with E-state index in [1.54, 1.807) is 17.4 Å². The predicted octanol–water partition coefficient (Wildman–Crippen LogP) is 4.29. The fourth-order valence-electron chi connectivity index (χ4n) is 3.53. The van der Waals surface area contributed by atoms with Crippen LogP contribution in [0.1, 0.15) is 18.5 Å². The van der Waals surface area contributed by atoms with Crippen LogP contribution in [-0.4, -0.2) is 39.9 Å². The van der Waals surface area contributed by atoms with E-state index in [9.17, 15) is 4.79 Å². The zero-order chi connectivity index (χ0) is 19.0. The van der Waals surface area contributed by atoms with Crippen LogP contribution in [-0.2, 0) is 4.79 Å². The van der Waals surface area contributed by atoms with Gasteiger partial charge in [-0.15, -0.1) is 0 Å². The number of allylic oxidation sites excluding steroid dienone is 4. The van der Waals surface area contributed by atoms with Crippen molar-refractivity contribution in [3.05, 3.63) is 53.6 Å². The Bertz CT molecular complexity index is 903. The SMILES string of the molecule is CN(C)C(=O)[C@H]1C[C@@H]1C1C=CC(c2nc[nH]c2Sc2ccc(Cl)cn2)=CC1. The predicted molar refractivity (Wildman–Crippen MR) is 107 cm³/mol. The lowest BCUT2D eigenvalue weighted by Gasteiger charge is -2.17. The number of hydrogen-bond acceptors (Lipinski definition) is 4. The summed E-state index contributed by atoms with van der Waals surface area (Å²) in [4.78, 5) is 25.8. The van der Waals surface area contributed by atoms with Crippen molar-refractivity contribution >= 4 is 34.8 Å². The van der Waals surface area contributed by atoms with E-state index in [4.69, 9.17) is 11.6 Å². The van der Waals surface area contributed by atoms with Crippen molar-refractivity contribution in [1.29, 1.82) is 0 Å². The Hall–Kier alpha value is -2.05. The molecule has 5 nitrogen and oxygen atoms in total. The maximum absolute atomic E-state index is 12.1. The van der Waals surface area contributed by atoms with Gasteiger partial charge in [0.25, 0.3) is 0 Å². The highest BCUT2D eigenvalue weighted by Gasteiger charge is 2.47. The van der Waals surface area contributed by atoms with Gasteiger partial charge in [0, 0.05) is 26.2 Å². The molecule has 7 heteroatoms. The monoisotopic (exact) mass is 400 g/mol. The first-order valence-corrected chi connectivity index (χ1v) is 10.1. The summed E-state index contributed by atoms with van der Waals surface area (Å²) in [7, 11) is 3.66. The summed E-state index contributed by atoms with van der Waals surface area (Å²) < 4.78 is 0. The van der Waals surface area contributed by atoms with E-state index in [0.717, 1.165) is 34.2 Å². The van der Waals surface area contributed by atoms with Gasteiger partial charge in [0.15, 0.2) is 0 Å². The topological polar surface area (TPSA) is 61.9 Å². The Morgan fingerprint density at radius 2 is 2.19 bits per heavy atom. The van der Waals surface area contributed by atoms with Crippen molar-refractivity contribution < 1.29 is 4.79 Å². The summed E-state index contributed by atoms with van der Waals surface area (Å²) in [5, 5.41) is 2.46. The molecule has 2 heterocycles. The van der Waals surface area contributed by atoms with E-state index in [1.165, 1.54) is 11.8 Å². The second kappa shape index (κ2) is 7.52. The van der Waals surface area contributed by atoms with Gasteiger partial charge in [-0.05, 0) is 54.1 Å². The van der Waals surface area contributed by atoms with Crippen LogP contribution in [0.25, 0.3) is 5.57 Å². The number of rotatable bonds is 5. The Labute approximate surface area is 167 Å². The summed E-state index contributed by atoms with van der Waals surface area (Å²) in [6.07, 6.45) is 11.9. The first-order chi connectivity index (χ1) is 13.0. The number of imidazole rings is 1. The van der Waals surface area contributed by atoms with Gasteiger partial charge in [0.05, 0.1) is 11.3 Å². The van der Waals surface area contributed by atoms with E-state index in [2.05, 4.69) is 33.2 Å². The van der Waals surface area contributed by atoms with Gasteiger partial charge >= 0.3 is 0 Å². The molecule has 1 fully saturated rings. The molecule has 0 aliphatic heterocycles. The summed E-state index contributed by atoms with van der Waals surface area (Å²) in [6, 6.07) is 3.73. The Morgan fingerprint density at radius 1 is 1.33 bits per heavy atom. The molecule has 0 spiro atoms. The standard InChI is InChI=1S/C20H21ClN4OS/c1-25(2)20(26)16-9-15(16)12-3-5-13(6-4-12)18-19(24-11-23-18)27-17-8-7-14(21)10-22-17/h3,5-8,10-12,15-16H,4,9H2,1-2H3,(H,23,24)/t12?,15-,16+/m1/s1. The van der Waals surface area contributed by atoms with Gasteiger partial charge in [-0.25, -0.2) is 9.97 Å². The zero-order valence-corrected chi connectivity index (χ0v) is 16.8. The number of amides is 1. The molecule has 2 aliphatic carbocycles. The van der Waals surface area contributed by atoms with Gasteiger partial charge in [-0.3, -0.25) is 4.79 Å². The van der Waals surface area contributed by atoms with Crippen molar-refractivity contribution in [3.63, 3.8) is 0 Å². The van der Waals surface area contributed by atoms with Crippen molar-refractivity contribution in [3.8, 4) is 0 Å². The second-order valence-electron chi connectivity index (χ2n) is 7.15. The number of H-pyrrole nitrogens is 1. The van der Waals surface area contributed by atoms with Crippen LogP contribution in [0.2, 0.25) is 5.02 Å². The van der Waals surface area contributed by atoms with Crippen LogP contribution in [0.15, 0.2) is 52.9 Å². The van der Waals surface area contributed by atoms with Crippen LogP contribution < -0.4 is 0 Å². The van der Waals surface area contributed by atoms with Gasteiger partial charge in [-0.1, -0.05) is 29.8 Å². The number of aromatic amines is 1. The number of carbonyl (C=O) groups excluding carboxylic acids is 1. The number of pyridine rings is 1. The zero-order valence-electron chi connectivity index (χ0n) is 15.2. The van der Waals surface area contributed by atoms with Crippen LogP contribution in [0.4, 0.5) is 0 Å². The molecular weight excluding hydrogens is 380 g/mol. The average molecular weight is 401 g/mol. The maximum atomic E-state index is 12.1. The second-order valence-corrected chi connectivity index (χ2v) is 8.62. The fourth-order valence-corrected chi connectivity index (χ4v) is 4.47. The van der Waals surface area contributed by atoms with Crippen molar-refractivity contribution in [1.82, 2.24) is 19.9 Å². The van der Waals surface area contributed by atoms with Crippen molar-refractivity contribution in [2.45, 2.75) is 22.9 Å². The molecule has 2 aromatic heterocycles. The number of halogens is 1. The number of carbonyl (C=O) groups is 1. The molecule has 0 saturated heterocycles. The lowest BCUT2D eigenvalue weighted by atomic mass is 9.90. The van der Waals surface area contributed by atoms with E-state index in [-0.39, 0.29) is 11.8 Å². The molecule has 2 aromatic rings. The Morgan fingerprint density at radius 3 is 2.85 bits per heavy atom. The van der Waals surface area contributed by atoms with Crippen molar-refractivity contribution in [2.75, 3.05) is 14.1 Å². The summed E-state index contributed by atoms with van der Waals surface area (Å²) in [5.41, 5.74) is 2.04. The minimum absolute atomic E-state index is 0.192. The average Bonchev–Trinajstić information content (AvgIpc) is 3.34. The summed E-state index contributed by atoms with van der Waals surface area (Å²) >= 11 is 7.44. The highest BCUT2D eigenvalue weighted by molar-refractivity contribution is 7.99. The normalized spacial score (nSPS) is 23.8. The Kier molecular flexibility index (Phi) is 5.10. The maximum Gasteiger partial charge on any atom is 0.225 e. The molecule has 1 saturated carbocycles. The molecule has 0 aromatic carbocycles. The quantitative estimate of drug-likeness (QED) is 0.813. The molecule has 2 aliphatic rings. The first-order valence-electron chi connectivity index (χ1n) is 8.95. The van der Waals surface area contributed by atoms with Crippen molar-refractivity contribution in [2.24, 2.45) is 17.8 Å². The first kappa shape index (κ1) is 18.3. The van der Waals surface area contributed by atoms with Gasteiger partial charge in [-0.2, -0.15) is 0 Å². The van der Waals surface area contributed by atoms with Crippen LogP contribution >= 0.6 is 23.4 Å². The molecule has 1 amide bonds. The molecule has 140 valence electrons. The molecule has 0 radical (unpaired) electrons. The van der Waals surface area contributed by atoms with Crippen LogP contribution in [0.5, 0.6) is 0 Å². The summed E-state index contributed by atoms with van der Waals surface area (Å²) in [6.45, 7) is 0. The third kappa shape index (κ3) is 3.96. The highest BCUT2D eigenvalue weighted by Crippen LogP contribution is 2.48. The molecule has 27 heavy (non-hydrogen) atoms. The minimum atomic E-state index is 0.192. The van der Waals surface area contributed by atoms with E-state index in [1.807, 2.05) is 26.2 Å². The Balaban J connectivity index is 1.42. The van der Waals surface area contributed by atoms with Gasteiger partial charge in [0.2, 0.25) is 5.91 Å². The van der Waals surface area contributed by atoms with E-state index < -0.39 is 0 Å². The fraction of sp³-hybridized carbons (Fsp3) is 0.350. The molecular formula is C20H21ClN4OS. The minimum Gasteiger partial charge on any atom is -0.349 e. The van der Waals surface area contributed by atoms with Gasteiger partial charge < -0.3 is 9.88 Å². The smallest absolute Gasteiger partial charge is 0.225 e. The van der Waals surface area contributed by atoms with E-state index in [0.29, 0.717) is 16.9 Å². The number of hydrogen-bond donors (Lipinski definition) is 1.